The first kappa shape index (κ1) is 17.6. The Labute approximate surface area is 144 Å². The van der Waals surface area contributed by atoms with E-state index in [2.05, 4.69) is 40.2 Å². The molecule has 4 nitrogen and oxygen atoms in total. The van der Waals surface area contributed by atoms with Gasteiger partial charge in [-0.3, -0.25) is 4.79 Å². The third-order valence-corrected chi connectivity index (χ3v) is 4.64. The van der Waals surface area contributed by atoms with E-state index in [0.29, 0.717) is 6.42 Å². The highest BCUT2D eigenvalue weighted by atomic mass is 79.9. The Morgan fingerprint density at radius 3 is 2.35 bits per heavy atom. The van der Waals surface area contributed by atoms with E-state index in [1.54, 1.807) is 19.3 Å². The van der Waals surface area contributed by atoms with Gasteiger partial charge in [-0.05, 0) is 48.1 Å². The molecule has 1 heterocycles. The van der Waals surface area contributed by atoms with Crippen molar-refractivity contribution in [1.82, 2.24) is 4.57 Å². The minimum absolute atomic E-state index is 0.0867. The largest absolute Gasteiger partial charge is 0.318 e. The van der Waals surface area contributed by atoms with Crippen molar-refractivity contribution in [2.75, 3.05) is 0 Å². The lowest BCUT2D eigenvalue weighted by molar-refractivity contribution is 0.505. The number of benzene rings is 1. The summed E-state index contributed by atoms with van der Waals surface area (Å²) in [7, 11) is 1.69. The average molecular weight is 377 g/mol. The van der Waals surface area contributed by atoms with Crippen molar-refractivity contribution >= 4 is 15.9 Å². The molecule has 2 atom stereocenters. The van der Waals surface area contributed by atoms with Crippen LogP contribution in [0.3, 0.4) is 0 Å². The van der Waals surface area contributed by atoms with E-state index in [-0.39, 0.29) is 11.5 Å². The van der Waals surface area contributed by atoms with Crippen LogP contribution < -0.4 is 5.56 Å². The van der Waals surface area contributed by atoms with Crippen LogP contribution in [0.5, 0.6) is 0 Å². The van der Waals surface area contributed by atoms with Crippen molar-refractivity contribution < 1.29 is 0 Å². The highest BCUT2D eigenvalue weighted by Gasteiger charge is 2.20. The zero-order valence-electron chi connectivity index (χ0n) is 13.4. The first-order chi connectivity index (χ1) is 11.0. The van der Waals surface area contributed by atoms with Crippen molar-refractivity contribution in [3.05, 3.63) is 73.5 Å². The third-order valence-electron chi connectivity index (χ3n) is 4.11. The topological polar surface area (TPSA) is 51.4 Å². The summed E-state index contributed by atoms with van der Waals surface area (Å²) in [5.41, 5.74) is 1.92. The van der Waals surface area contributed by atoms with Crippen LogP contribution in [0.4, 0.5) is 0 Å². The Kier molecular flexibility index (Phi) is 6.28. The smallest absolute Gasteiger partial charge is 0.250 e. The highest BCUT2D eigenvalue weighted by Crippen LogP contribution is 2.34. The zero-order valence-corrected chi connectivity index (χ0v) is 15.0. The van der Waals surface area contributed by atoms with E-state index >= 15 is 0 Å². The first-order valence-corrected chi connectivity index (χ1v) is 8.59. The predicted octanol–water partition coefficient (Wildman–Crippen LogP) is 4.93. The molecule has 2 aromatic rings. The summed E-state index contributed by atoms with van der Waals surface area (Å²) in [6.45, 7) is 2.14. The second-order valence-corrected chi connectivity index (χ2v) is 6.72. The van der Waals surface area contributed by atoms with Gasteiger partial charge in [-0.2, -0.15) is 4.91 Å². The van der Waals surface area contributed by atoms with Crippen LogP contribution in [0.15, 0.2) is 57.0 Å². The van der Waals surface area contributed by atoms with Gasteiger partial charge >= 0.3 is 0 Å². The number of pyridine rings is 1. The van der Waals surface area contributed by atoms with Crippen LogP contribution in [0.25, 0.3) is 0 Å². The van der Waals surface area contributed by atoms with Crippen LogP contribution in [0, 0.1) is 4.91 Å². The second kappa shape index (κ2) is 8.20. The van der Waals surface area contributed by atoms with Crippen LogP contribution in [0.2, 0.25) is 0 Å². The maximum Gasteiger partial charge on any atom is 0.250 e. The molecule has 0 saturated carbocycles. The van der Waals surface area contributed by atoms with Gasteiger partial charge in [0.25, 0.3) is 0 Å². The molecule has 2 rings (SSSR count). The Balaban J connectivity index is 2.25. The quantitative estimate of drug-likeness (QED) is 0.643. The number of aryl methyl sites for hydroxylation is 1. The summed E-state index contributed by atoms with van der Waals surface area (Å²) in [6.07, 6.45) is 4.40. The number of hydrogen-bond acceptors (Lipinski definition) is 3. The summed E-state index contributed by atoms with van der Waals surface area (Å²) in [5, 5.41) is 3.32. The molecular formula is C18H21BrN2O2. The minimum Gasteiger partial charge on any atom is -0.318 e. The Morgan fingerprint density at radius 2 is 1.78 bits per heavy atom. The van der Waals surface area contributed by atoms with Crippen LogP contribution in [-0.4, -0.2) is 4.57 Å². The molecule has 0 bridgehead atoms. The fraction of sp³-hybridized carbons (Fsp3) is 0.389. The minimum atomic E-state index is -0.443. The summed E-state index contributed by atoms with van der Waals surface area (Å²) >= 11 is 3.45. The number of hydrogen-bond donors (Lipinski definition) is 0. The van der Waals surface area contributed by atoms with E-state index in [1.807, 2.05) is 12.1 Å². The van der Waals surface area contributed by atoms with Gasteiger partial charge in [-0.1, -0.05) is 46.6 Å². The molecule has 0 N–H and O–H groups in total. The normalized spacial score (nSPS) is 13.5. The number of halogens is 1. The van der Waals surface area contributed by atoms with Gasteiger partial charge in [-0.25, -0.2) is 0 Å². The predicted molar refractivity (Wildman–Crippen MR) is 96.6 cm³/mol. The summed E-state index contributed by atoms with van der Waals surface area (Å²) in [5.74, 6) is 0.271. The third kappa shape index (κ3) is 4.61. The van der Waals surface area contributed by atoms with E-state index in [1.165, 1.54) is 16.2 Å². The van der Waals surface area contributed by atoms with Gasteiger partial charge < -0.3 is 4.57 Å². The molecular weight excluding hydrogens is 356 g/mol. The van der Waals surface area contributed by atoms with Gasteiger partial charge in [0.05, 0.1) is 0 Å². The van der Waals surface area contributed by atoms with Gasteiger partial charge in [-0.15, -0.1) is 0 Å². The molecule has 0 aliphatic heterocycles. The van der Waals surface area contributed by atoms with E-state index in [0.717, 1.165) is 22.9 Å². The Morgan fingerprint density at radius 1 is 1.13 bits per heavy atom. The Bertz CT molecular complexity index is 710. The molecule has 0 amide bonds. The van der Waals surface area contributed by atoms with Gasteiger partial charge in [0.1, 0.15) is 6.04 Å². The molecule has 23 heavy (non-hydrogen) atoms. The van der Waals surface area contributed by atoms with Gasteiger partial charge in [0, 0.05) is 23.8 Å². The number of nitrogens with zero attached hydrogens (tertiary/aromatic N) is 2. The number of nitroso groups, excluding NO2 is 1. The maximum atomic E-state index is 11.5. The standard InChI is InChI=1S/C18H21BrN2O2/c1-3-4-14(13-5-8-16(19)9-6-13)11-17(20-23)15-7-10-18(22)21(2)12-15/h5-10,12,14,17H,3-4,11H2,1-2H3. The van der Waals surface area contributed by atoms with Crippen molar-refractivity contribution in [3.63, 3.8) is 0 Å². The zero-order chi connectivity index (χ0) is 16.8. The lowest BCUT2D eigenvalue weighted by Crippen LogP contribution is -2.16. The average Bonchev–Trinajstić information content (AvgIpc) is 2.55. The fourth-order valence-corrected chi connectivity index (χ4v) is 3.09. The summed E-state index contributed by atoms with van der Waals surface area (Å²) in [4.78, 5) is 22.9. The molecule has 0 radical (unpaired) electrons. The van der Waals surface area contributed by atoms with Crippen LogP contribution in [-0.2, 0) is 7.05 Å². The van der Waals surface area contributed by atoms with Gasteiger partial charge in [0.15, 0.2) is 0 Å². The van der Waals surface area contributed by atoms with Crippen molar-refractivity contribution in [2.24, 2.45) is 12.2 Å². The highest BCUT2D eigenvalue weighted by molar-refractivity contribution is 9.10. The molecule has 2 unspecified atom stereocenters. The molecule has 122 valence electrons. The lowest BCUT2D eigenvalue weighted by Gasteiger charge is -2.20. The maximum absolute atomic E-state index is 11.5. The fourth-order valence-electron chi connectivity index (χ4n) is 2.83. The molecule has 0 saturated heterocycles. The molecule has 0 aliphatic carbocycles. The second-order valence-electron chi connectivity index (χ2n) is 5.81. The van der Waals surface area contributed by atoms with Crippen LogP contribution >= 0.6 is 15.9 Å². The van der Waals surface area contributed by atoms with E-state index in [9.17, 15) is 9.70 Å². The molecule has 1 aromatic carbocycles. The number of aromatic nitrogens is 1. The summed E-state index contributed by atoms with van der Waals surface area (Å²) < 4.78 is 2.53. The van der Waals surface area contributed by atoms with Crippen molar-refractivity contribution in [1.29, 1.82) is 0 Å². The lowest BCUT2D eigenvalue weighted by atomic mass is 9.87. The van der Waals surface area contributed by atoms with E-state index in [4.69, 9.17) is 0 Å². The van der Waals surface area contributed by atoms with Gasteiger partial charge in [0.2, 0.25) is 5.56 Å². The van der Waals surface area contributed by atoms with Crippen molar-refractivity contribution in [2.45, 2.75) is 38.1 Å². The van der Waals surface area contributed by atoms with E-state index < -0.39 is 6.04 Å². The Hall–Kier alpha value is -1.75. The van der Waals surface area contributed by atoms with Crippen molar-refractivity contribution in [3.8, 4) is 0 Å². The number of rotatable bonds is 7. The van der Waals surface area contributed by atoms with Crippen LogP contribution in [0.1, 0.15) is 49.3 Å². The molecule has 0 aliphatic rings. The molecule has 0 fully saturated rings. The monoisotopic (exact) mass is 376 g/mol. The summed E-state index contributed by atoms with van der Waals surface area (Å²) in [6, 6.07) is 11.0. The first-order valence-electron chi connectivity index (χ1n) is 7.79. The molecule has 5 heteroatoms. The molecule has 1 aromatic heterocycles. The molecule has 0 spiro atoms. The SMILES string of the molecule is CCCC(CC(N=O)c1ccc(=O)n(C)c1)c1ccc(Br)cc1.